The number of nitrogens with two attached hydrogens (primary N) is 1. The number of anilines is 1. The Labute approximate surface area is 187 Å². The summed E-state index contributed by atoms with van der Waals surface area (Å²) < 4.78 is 0. The molecule has 1 aromatic carbocycles. The first-order valence-corrected chi connectivity index (χ1v) is 11.6. The Morgan fingerprint density at radius 2 is 1.77 bits per heavy atom. The minimum absolute atomic E-state index is 0.0206. The van der Waals surface area contributed by atoms with Crippen LogP contribution in [0.3, 0.4) is 0 Å². The standard InChI is InChI=1S/C24H31N3O3S/c1-16-15-21(17(2)31-16)22(28)7-8-23(29)26-20-5-3-18(4-6-20)9-12-27-13-10-19(11-14-27)24(25)30/h3-6,15,19H,7-14H2,1-2H3,(H2,25,30)(H,26,29). The monoisotopic (exact) mass is 441 g/mol. The average molecular weight is 442 g/mol. The predicted octanol–water partition coefficient (Wildman–Crippen LogP) is 3.71. The predicted molar refractivity (Wildman–Crippen MR) is 124 cm³/mol. The number of primary amides is 1. The third-order valence-corrected chi connectivity index (χ3v) is 6.83. The molecule has 1 aliphatic rings. The smallest absolute Gasteiger partial charge is 0.224 e. The van der Waals surface area contributed by atoms with E-state index in [9.17, 15) is 14.4 Å². The molecule has 0 radical (unpaired) electrons. The van der Waals surface area contributed by atoms with E-state index in [1.165, 1.54) is 5.56 Å². The second kappa shape index (κ2) is 10.7. The maximum atomic E-state index is 12.3. The van der Waals surface area contributed by atoms with Gasteiger partial charge in [0.25, 0.3) is 0 Å². The fraction of sp³-hybridized carbons (Fsp3) is 0.458. The summed E-state index contributed by atoms with van der Waals surface area (Å²) in [4.78, 5) is 40.3. The van der Waals surface area contributed by atoms with Crippen LogP contribution in [0.5, 0.6) is 0 Å². The highest BCUT2D eigenvalue weighted by atomic mass is 32.1. The molecule has 0 aliphatic carbocycles. The van der Waals surface area contributed by atoms with Gasteiger partial charge in [0.05, 0.1) is 0 Å². The van der Waals surface area contributed by atoms with Crippen LogP contribution in [0.15, 0.2) is 30.3 Å². The minimum Gasteiger partial charge on any atom is -0.369 e. The minimum atomic E-state index is -0.182. The topological polar surface area (TPSA) is 92.5 Å². The Morgan fingerprint density at radius 3 is 2.35 bits per heavy atom. The van der Waals surface area contributed by atoms with Gasteiger partial charge < -0.3 is 16.0 Å². The molecule has 0 bridgehead atoms. The van der Waals surface area contributed by atoms with E-state index in [1.54, 1.807) is 11.3 Å². The first-order valence-electron chi connectivity index (χ1n) is 10.8. The molecule has 2 aromatic rings. The number of nitrogens with zero attached hydrogens (tertiary/aromatic N) is 1. The van der Waals surface area contributed by atoms with E-state index in [4.69, 9.17) is 5.73 Å². The lowest BCUT2D eigenvalue weighted by atomic mass is 9.96. The van der Waals surface area contributed by atoms with Gasteiger partial charge in [-0.15, -0.1) is 11.3 Å². The van der Waals surface area contributed by atoms with Crippen molar-refractivity contribution in [1.29, 1.82) is 0 Å². The van der Waals surface area contributed by atoms with Crippen LogP contribution in [0.25, 0.3) is 0 Å². The quantitative estimate of drug-likeness (QED) is 0.580. The molecule has 7 heteroatoms. The van der Waals surface area contributed by atoms with E-state index >= 15 is 0 Å². The molecule has 0 spiro atoms. The summed E-state index contributed by atoms with van der Waals surface area (Å²) in [5.41, 5.74) is 8.07. The molecule has 6 nitrogen and oxygen atoms in total. The van der Waals surface area contributed by atoms with Gasteiger partial charge in [0.15, 0.2) is 5.78 Å². The van der Waals surface area contributed by atoms with E-state index in [2.05, 4.69) is 10.2 Å². The lowest BCUT2D eigenvalue weighted by Gasteiger charge is -2.30. The Morgan fingerprint density at radius 1 is 1.10 bits per heavy atom. The molecular weight excluding hydrogens is 410 g/mol. The van der Waals surface area contributed by atoms with Gasteiger partial charge in [-0.25, -0.2) is 0 Å². The van der Waals surface area contributed by atoms with Crippen molar-refractivity contribution in [3.8, 4) is 0 Å². The third-order valence-electron chi connectivity index (χ3n) is 5.86. The van der Waals surface area contributed by atoms with Gasteiger partial charge in [-0.2, -0.15) is 0 Å². The van der Waals surface area contributed by atoms with Crippen LogP contribution in [0, 0.1) is 19.8 Å². The van der Waals surface area contributed by atoms with Crippen LogP contribution < -0.4 is 11.1 Å². The van der Waals surface area contributed by atoms with Crippen molar-refractivity contribution in [1.82, 2.24) is 4.90 Å². The number of nitrogens with one attached hydrogen (secondary N) is 1. The van der Waals surface area contributed by atoms with Gasteiger partial charge in [0.1, 0.15) is 0 Å². The molecule has 1 saturated heterocycles. The van der Waals surface area contributed by atoms with Crippen LogP contribution >= 0.6 is 11.3 Å². The molecule has 0 atom stereocenters. The number of amides is 2. The van der Waals surface area contributed by atoms with E-state index in [0.717, 1.165) is 59.9 Å². The molecule has 31 heavy (non-hydrogen) atoms. The summed E-state index contributed by atoms with van der Waals surface area (Å²) in [6.07, 6.45) is 3.00. The molecular formula is C24H31N3O3S. The van der Waals surface area contributed by atoms with Crippen LogP contribution in [0.4, 0.5) is 5.69 Å². The number of rotatable bonds is 9. The zero-order chi connectivity index (χ0) is 22.4. The van der Waals surface area contributed by atoms with Crippen molar-refractivity contribution in [2.24, 2.45) is 11.7 Å². The van der Waals surface area contributed by atoms with Crippen molar-refractivity contribution in [2.75, 3.05) is 25.0 Å². The van der Waals surface area contributed by atoms with Crippen LogP contribution in [-0.4, -0.2) is 42.1 Å². The van der Waals surface area contributed by atoms with Gasteiger partial charge in [0, 0.05) is 46.3 Å². The second-order valence-electron chi connectivity index (χ2n) is 8.26. The number of ketones is 1. The SMILES string of the molecule is Cc1cc(C(=O)CCC(=O)Nc2ccc(CCN3CCC(C(N)=O)CC3)cc2)c(C)s1. The number of hydrogen-bond donors (Lipinski definition) is 2. The fourth-order valence-electron chi connectivity index (χ4n) is 3.98. The number of hydrogen-bond acceptors (Lipinski definition) is 5. The van der Waals surface area contributed by atoms with Crippen molar-refractivity contribution < 1.29 is 14.4 Å². The van der Waals surface area contributed by atoms with E-state index in [0.29, 0.717) is 0 Å². The van der Waals surface area contributed by atoms with Crippen molar-refractivity contribution in [2.45, 2.75) is 46.0 Å². The molecule has 1 aromatic heterocycles. The molecule has 3 N–H and O–H groups in total. The van der Waals surface area contributed by atoms with Crippen molar-refractivity contribution in [3.63, 3.8) is 0 Å². The summed E-state index contributed by atoms with van der Waals surface area (Å²) in [5.74, 6) is -0.290. The van der Waals surface area contributed by atoms with Gasteiger partial charge in [-0.3, -0.25) is 14.4 Å². The number of thiophene rings is 1. The molecule has 0 unspecified atom stereocenters. The summed E-state index contributed by atoms with van der Waals surface area (Å²) in [7, 11) is 0. The molecule has 2 heterocycles. The largest absolute Gasteiger partial charge is 0.369 e. The molecule has 1 aliphatic heterocycles. The Hall–Kier alpha value is -2.51. The van der Waals surface area contributed by atoms with Gasteiger partial charge in [-0.05, 0) is 70.0 Å². The summed E-state index contributed by atoms with van der Waals surface area (Å²) in [5, 5.41) is 2.87. The maximum absolute atomic E-state index is 12.3. The third kappa shape index (κ3) is 6.74. The first-order chi connectivity index (χ1) is 14.8. The summed E-state index contributed by atoms with van der Waals surface area (Å²) >= 11 is 1.61. The Balaban J connectivity index is 1.40. The maximum Gasteiger partial charge on any atom is 0.224 e. The van der Waals surface area contributed by atoms with Crippen LogP contribution in [-0.2, 0) is 16.0 Å². The lowest BCUT2D eigenvalue weighted by Crippen LogP contribution is -2.39. The molecule has 0 saturated carbocycles. The number of carbonyl (C=O) groups is 3. The van der Waals surface area contributed by atoms with E-state index in [-0.39, 0.29) is 36.4 Å². The molecule has 166 valence electrons. The Kier molecular flexibility index (Phi) is 7.98. The van der Waals surface area contributed by atoms with E-state index < -0.39 is 0 Å². The van der Waals surface area contributed by atoms with Gasteiger partial charge >= 0.3 is 0 Å². The number of piperidine rings is 1. The zero-order valence-corrected chi connectivity index (χ0v) is 19.1. The first kappa shape index (κ1) is 23.2. The molecule has 3 rings (SSSR count). The summed E-state index contributed by atoms with van der Waals surface area (Å²) in [6.45, 7) is 6.68. The number of likely N-dealkylation sites (tertiary alicyclic amines) is 1. The molecule has 2 amide bonds. The Bertz CT molecular complexity index is 928. The highest BCUT2D eigenvalue weighted by Gasteiger charge is 2.22. The normalized spacial score (nSPS) is 15.0. The highest BCUT2D eigenvalue weighted by molar-refractivity contribution is 7.12. The van der Waals surface area contributed by atoms with Crippen LogP contribution in [0.1, 0.15) is 51.4 Å². The fourth-order valence-corrected chi connectivity index (χ4v) is 4.92. The number of carbonyl (C=O) groups excluding carboxylic acids is 3. The van der Waals surface area contributed by atoms with Crippen LogP contribution in [0.2, 0.25) is 0 Å². The molecule has 1 fully saturated rings. The number of aryl methyl sites for hydroxylation is 2. The average Bonchev–Trinajstić information content (AvgIpc) is 3.10. The van der Waals surface area contributed by atoms with Crippen molar-refractivity contribution >= 4 is 34.6 Å². The second-order valence-corrected chi connectivity index (χ2v) is 9.72. The van der Waals surface area contributed by atoms with E-state index in [1.807, 2.05) is 44.2 Å². The van der Waals surface area contributed by atoms with Gasteiger partial charge in [-0.1, -0.05) is 12.1 Å². The summed E-state index contributed by atoms with van der Waals surface area (Å²) in [6, 6.07) is 9.75. The number of benzene rings is 1. The lowest BCUT2D eigenvalue weighted by molar-refractivity contribution is -0.123. The van der Waals surface area contributed by atoms with Gasteiger partial charge in [0.2, 0.25) is 11.8 Å². The highest BCUT2D eigenvalue weighted by Crippen LogP contribution is 2.22. The zero-order valence-electron chi connectivity index (χ0n) is 18.3. The number of Topliss-reactive ketones (excluding diaryl/α,β-unsaturated/α-hetero) is 1. The van der Waals surface area contributed by atoms with Crippen molar-refractivity contribution in [3.05, 3.63) is 51.2 Å².